The fourth-order valence-corrected chi connectivity index (χ4v) is 3.05. The quantitative estimate of drug-likeness (QED) is 0.846. The normalized spacial score (nSPS) is 14.5. The molecule has 4 heteroatoms. The number of rotatable bonds is 6. The monoisotopic (exact) mass is 307 g/mol. The first-order valence-corrected chi connectivity index (χ1v) is 8.10. The maximum atomic E-state index is 5.99. The van der Waals surface area contributed by atoms with Gasteiger partial charge in [0, 0.05) is 27.4 Å². The summed E-state index contributed by atoms with van der Waals surface area (Å²) < 4.78 is 5.86. The van der Waals surface area contributed by atoms with Gasteiger partial charge < -0.3 is 10.1 Å². The van der Waals surface area contributed by atoms with Gasteiger partial charge in [-0.1, -0.05) is 17.7 Å². The predicted octanol–water partition coefficient (Wildman–Crippen LogP) is 4.54. The first kappa shape index (κ1) is 13.9. The highest BCUT2D eigenvalue weighted by atomic mass is 35.5. The maximum absolute atomic E-state index is 5.99. The number of benzene rings is 1. The molecule has 1 saturated carbocycles. The van der Waals surface area contributed by atoms with Gasteiger partial charge in [-0.15, -0.1) is 11.3 Å². The van der Waals surface area contributed by atoms with Crippen LogP contribution in [0.25, 0.3) is 0 Å². The first-order valence-electron chi connectivity index (χ1n) is 6.90. The van der Waals surface area contributed by atoms with Gasteiger partial charge in [0.15, 0.2) is 0 Å². The van der Waals surface area contributed by atoms with E-state index >= 15 is 0 Å². The van der Waals surface area contributed by atoms with Crippen LogP contribution in [0.3, 0.4) is 0 Å². The van der Waals surface area contributed by atoms with E-state index in [-0.39, 0.29) is 0 Å². The number of hydrogen-bond acceptors (Lipinski definition) is 3. The molecule has 0 spiro atoms. The van der Waals surface area contributed by atoms with Crippen LogP contribution in [-0.2, 0) is 13.2 Å². The van der Waals surface area contributed by atoms with Crippen LogP contribution in [0.1, 0.15) is 28.2 Å². The Morgan fingerprint density at radius 2 is 2.05 bits per heavy atom. The second kappa shape index (κ2) is 6.17. The second-order valence-electron chi connectivity index (χ2n) is 5.22. The van der Waals surface area contributed by atoms with E-state index in [2.05, 4.69) is 17.4 Å². The third kappa shape index (κ3) is 3.75. The standard InChI is InChI=1S/C16H18ClNOS/c1-11-2-3-12(17)8-16(11)19-10-15-7-6-14(20-15)9-18-13-4-5-13/h2-3,6-8,13,18H,4-5,9-10H2,1H3. The smallest absolute Gasteiger partial charge is 0.124 e. The Labute approximate surface area is 128 Å². The molecule has 0 amide bonds. The predicted molar refractivity (Wildman–Crippen MR) is 84.7 cm³/mol. The van der Waals surface area contributed by atoms with Crippen LogP contribution in [0.5, 0.6) is 5.75 Å². The number of aryl methyl sites for hydroxylation is 1. The van der Waals surface area contributed by atoms with Gasteiger partial charge in [-0.25, -0.2) is 0 Å². The highest BCUT2D eigenvalue weighted by Crippen LogP contribution is 2.25. The highest BCUT2D eigenvalue weighted by molar-refractivity contribution is 7.11. The van der Waals surface area contributed by atoms with Crippen molar-refractivity contribution in [2.45, 2.75) is 39.0 Å². The molecule has 1 aliphatic carbocycles. The van der Waals surface area contributed by atoms with Gasteiger partial charge in [-0.2, -0.15) is 0 Å². The van der Waals surface area contributed by atoms with Gasteiger partial charge in [-0.3, -0.25) is 0 Å². The van der Waals surface area contributed by atoms with Crippen LogP contribution in [-0.4, -0.2) is 6.04 Å². The minimum Gasteiger partial charge on any atom is -0.488 e. The summed E-state index contributed by atoms with van der Waals surface area (Å²) >= 11 is 7.81. The molecule has 0 saturated heterocycles. The molecule has 0 atom stereocenters. The lowest BCUT2D eigenvalue weighted by Crippen LogP contribution is -2.14. The summed E-state index contributed by atoms with van der Waals surface area (Å²) in [5.41, 5.74) is 1.11. The maximum Gasteiger partial charge on any atom is 0.124 e. The molecule has 1 aliphatic rings. The van der Waals surface area contributed by atoms with E-state index in [4.69, 9.17) is 16.3 Å². The third-order valence-corrected chi connectivity index (χ3v) is 4.67. The van der Waals surface area contributed by atoms with E-state index in [1.54, 1.807) is 0 Å². The lowest BCUT2D eigenvalue weighted by Gasteiger charge is -2.08. The Kier molecular flexibility index (Phi) is 4.29. The van der Waals surface area contributed by atoms with Crippen LogP contribution in [0.15, 0.2) is 30.3 Å². The molecule has 1 fully saturated rings. The molecule has 0 unspecified atom stereocenters. The molecule has 106 valence electrons. The van der Waals surface area contributed by atoms with Crippen LogP contribution < -0.4 is 10.1 Å². The molecule has 1 N–H and O–H groups in total. The van der Waals surface area contributed by atoms with Gasteiger partial charge in [0.1, 0.15) is 12.4 Å². The molecule has 1 heterocycles. The lowest BCUT2D eigenvalue weighted by molar-refractivity contribution is 0.307. The van der Waals surface area contributed by atoms with E-state index in [1.807, 2.05) is 36.5 Å². The van der Waals surface area contributed by atoms with Gasteiger partial charge in [0.2, 0.25) is 0 Å². The van der Waals surface area contributed by atoms with E-state index in [0.29, 0.717) is 11.6 Å². The number of halogens is 1. The summed E-state index contributed by atoms with van der Waals surface area (Å²) in [6.07, 6.45) is 2.66. The molecule has 0 aliphatic heterocycles. The van der Waals surface area contributed by atoms with Crippen LogP contribution >= 0.6 is 22.9 Å². The van der Waals surface area contributed by atoms with Gasteiger partial charge >= 0.3 is 0 Å². The Bertz CT molecular complexity index is 592. The largest absolute Gasteiger partial charge is 0.488 e. The number of ether oxygens (including phenoxy) is 1. The molecular weight excluding hydrogens is 290 g/mol. The minimum atomic E-state index is 0.606. The molecule has 1 aromatic heterocycles. The van der Waals surface area contributed by atoms with Crippen molar-refractivity contribution in [2.24, 2.45) is 0 Å². The summed E-state index contributed by atoms with van der Waals surface area (Å²) in [5.74, 6) is 0.864. The van der Waals surface area contributed by atoms with Crippen LogP contribution in [0.2, 0.25) is 5.02 Å². The highest BCUT2D eigenvalue weighted by Gasteiger charge is 2.20. The summed E-state index contributed by atoms with van der Waals surface area (Å²) in [6, 6.07) is 10.8. The van der Waals surface area contributed by atoms with E-state index in [1.165, 1.54) is 22.6 Å². The molecular formula is C16H18ClNOS. The average molecular weight is 308 g/mol. The molecule has 20 heavy (non-hydrogen) atoms. The van der Waals surface area contributed by atoms with Crippen molar-refractivity contribution in [3.8, 4) is 5.75 Å². The fraction of sp³-hybridized carbons (Fsp3) is 0.375. The Hall–Kier alpha value is -1.03. The van der Waals surface area contributed by atoms with E-state index < -0.39 is 0 Å². The van der Waals surface area contributed by atoms with Crippen molar-refractivity contribution < 1.29 is 4.74 Å². The van der Waals surface area contributed by atoms with Crippen molar-refractivity contribution in [3.63, 3.8) is 0 Å². The Morgan fingerprint density at radius 3 is 2.85 bits per heavy atom. The third-order valence-electron chi connectivity index (χ3n) is 3.38. The lowest BCUT2D eigenvalue weighted by atomic mass is 10.2. The van der Waals surface area contributed by atoms with E-state index in [0.717, 1.165) is 23.9 Å². The summed E-state index contributed by atoms with van der Waals surface area (Å²) in [4.78, 5) is 2.62. The fourth-order valence-electron chi connectivity index (χ4n) is 2.01. The van der Waals surface area contributed by atoms with Gasteiger partial charge in [0.25, 0.3) is 0 Å². The number of thiophene rings is 1. The van der Waals surface area contributed by atoms with Crippen LogP contribution in [0, 0.1) is 6.92 Å². The van der Waals surface area contributed by atoms with Gasteiger partial charge in [0.05, 0.1) is 0 Å². The Balaban J connectivity index is 1.55. The molecule has 0 bridgehead atoms. The zero-order chi connectivity index (χ0) is 13.9. The second-order valence-corrected chi connectivity index (χ2v) is 6.91. The average Bonchev–Trinajstić information content (AvgIpc) is 3.16. The number of hydrogen-bond donors (Lipinski definition) is 1. The number of nitrogens with one attached hydrogen (secondary N) is 1. The molecule has 2 nitrogen and oxygen atoms in total. The Morgan fingerprint density at radius 1 is 1.25 bits per heavy atom. The summed E-state index contributed by atoms with van der Waals surface area (Å²) in [7, 11) is 0. The van der Waals surface area contributed by atoms with Crippen molar-refractivity contribution in [3.05, 3.63) is 50.7 Å². The first-order chi connectivity index (χ1) is 9.70. The zero-order valence-electron chi connectivity index (χ0n) is 11.5. The minimum absolute atomic E-state index is 0.606. The topological polar surface area (TPSA) is 21.3 Å². The van der Waals surface area contributed by atoms with Gasteiger partial charge in [-0.05, 0) is 49.6 Å². The van der Waals surface area contributed by atoms with Crippen molar-refractivity contribution in [1.82, 2.24) is 5.32 Å². The van der Waals surface area contributed by atoms with Crippen molar-refractivity contribution in [2.75, 3.05) is 0 Å². The summed E-state index contributed by atoms with van der Waals surface area (Å²) in [6.45, 7) is 3.62. The van der Waals surface area contributed by atoms with Crippen molar-refractivity contribution >= 4 is 22.9 Å². The SMILES string of the molecule is Cc1ccc(Cl)cc1OCc1ccc(CNC2CC2)s1. The summed E-state index contributed by atoms with van der Waals surface area (Å²) in [5, 5.41) is 4.24. The van der Waals surface area contributed by atoms with Crippen molar-refractivity contribution in [1.29, 1.82) is 0 Å². The molecule has 2 aromatic rings. The molecule has 0 radical (unpaired) electrons. The molecule has 1 aromatic carbocycles. The molecule has 3 rings (SSSR count). The zero-order valence-corrected chi connectivity index (χ0v) is 13.1. The van der Waals surface area contributed by atoms with Crippen LogP contribution in [0.4, 0.5) is 0 Å². The van der Waals surface area contributed by atoms with E-state index in [9.17, 15) is 0 Å².